The van der Waals surface area contributed by atoms with Gasteiger partial charge in [0, 0.05) is 12.5 Å². The van der Waals surface area contributed by atoms with E-state index in [1.807, 2.05) is 24.3 Å². The van der Waals surface area contributed by atoms with Gasteiger partial charge in [-0.25, -0.2) is 9.59 Å². The van der Waals surface area contributed by atoms with E-state index in [1.54, 1.807) is 0 Å². The number of nitrogens with one attached hydrogen (secondary N) is 1. The van der Waals surface area contributed by atoms with Gasteiger partial charge in [0.2, 0.25) is 0 Å². The first-order chi connectivity index (χ1) is 14.2. The smallest absolute Gasteiger partial charge is 0.407 e. The number of rotatable bonds is 10. The Balaban J connectivity index is 1.36. The second kappa shape index (κ2) is 10.6. The fourth-order valence-electron chi connectivity index (χ4n) is 3.31. The molecular weight excluding hydrogens is 374 g/mol. The van der Waals surface area contributed by atoms with Crippen LogP contribution in [0.1, 0.15) is 17.0 Å². The lowest BCUT2D eigenvalue weighted by Crippen LogP contribution is -2.29. The number of hydrogen-bond donors (Lipinski definition) is 1. The predicted molar refractivity (Wildman–Crippen MR) is 107 cm³/mol. The summed E-state index contributed by atoms with van der Waals surface area (Å²) in [4.78, 5) is 22.9. The maximum atomic E-state index is 12.0. The first kappa shape index (κ1) is 20.8. The fraction of sp³-hybridized carbons (Fsp3) is 0.364. The van der Waals surface area contributed by atoms with Crippen LogP contribution in [0.3, 0.4) is 0 Å². The standard InChI is InChI=1S/C22H25NO6/c1-26-21(24)15-28-13-12-27-11-10-23-22(25)29-14-20-18-8-4-2-6-16(18)17-7-3-5-9-19(17)20/h2-9,20H,10-15H2,1H3,(H,23,25). The lowest BCUT2D eigenvalue weighted by atomic mass is 9.98. The zero-order chi connectivity index (χ0) is 20.5. The third-order valence-corrected chi connectivity index (χ3v) is 4.68. The second-order valence-electron chi connectivity index (χ2n) is 6.49. The average Bonchev–Trinajstić information content (AvgIpc) is 3.07. The van der Waals surface area contributed by atoms with Gasteiger partial charge in [0.1, 0.15) is 13.2 Å². The summed E-state index contributed by atoms with van der Waals surface area (Å²) in [5, 5.41) is 2.67. The summed E-state index contributed by atoms with van der Waals surface area (Å²) in [5.74, 6) is -0.390. The minimum Gasteiger partial charge on any atom is -0.467 e. The van der Waals surface area contributed by atoms with Gasteiger partial charge in [0.25, 0.3) is 0 Å². The van der Waals surface area contributed by atoms with Crippen molar-refractivity contribution in [1.29, 1.82) is 0 Å². The summed E-state index contributed by atoms with van der Waals surface area (Å²) in [6.45, 7) is 1.43. The lowest BCUT2D eigenvalue weighted by Gasteiger charge is -2.14. The summed E-state index contributed by atoms with van der Waals surface area (Å²) in [6, 6.07) is 16.4. The van der Waals surface area contributed by atoms with Crippen molar-refractivity contribution in [3.63, 3.8) is 0 Å². The zero-order valence-electron chi connectivity index (χ0n) is 16.4. The van der Waals surface area contributed by atoms with Crippen molar-refractivity contribution in [1.82, 2.24) is 5.32 Å². The first-order valence-corrected chi connectivity index (χ1v) is 9.52. The topological polar surface area (TPSA) is 83.1 Å². The van der Waals surface area contributed by atoms with Gasteiger partial charge in [-0.05, 0) is 22.3 Å². The molecule has 0 radical (unpaired) electrons. The second-order valence-corrected chi connectivity index (χ2v) is 6.49. The molecule has 0 fully saturated rings. The Hall–Kier alpha value is -2.90. The van der Waals surface area contributed by atoms with Gasteiger partial charge in [-0.1, -0.05) is 48.5 Å². The van der Waals surface area contributed by atoms with Gasteiger partial charge in [-0.15, -0.1) is 0 Å². The molecule has 0 spiro atoms. The molecule has 1 aliphatic rings. The molecule has 1 N–H and O–H groups in total. The minimum atomic E-state index is -0.475. The van der Waals surface area contributed by atoms with Crippen molar-refractivity contribution in [2.24, 2.45) is 0 Å². The Labute approximate surface area is 169 Å². The van der Waals surface area contributed by atoms with Crippen LogP contribution in [0.2, 0.25) is 0 Å². The summed E-state index contributed by atoms with van der Waals surface area (Å²) >= 11 is 0. The summed E-state index contributed by atoms with van der Waals surface area (Å²) in [5.41, 5.74) is 4.74. The van der Waals surface area contributed by atoms with E-state index in [1.165, 1.54) is 29.4 Å². The minimum absolute atomic E-state index is 0.0383. The molecule has 3 rings (SSSR count). The molecule has 7 heteroatoms. The molecule has 0 bridgehead atoms. The fourth-order valence-corrected chi connectivity index (χ4v) is 3.31. The van der Waals surface area contributed by atoms with E-state index >= 15 is 0 Å². The van der Waals surface area contributed by atoms with E-state index in [2.05, 4.69) is 34.3 Å². The van der Waals surface area contributed by atoms with Crippen molar-refractivity contribution in [3.05, 3.63) is 59.7 Å². The van der Waals surface area contributed by atoms with Crippen molar-refractivity contribution < 1.29 is 28.5 Å². The number of carbonyl (C=O) groups is 2. The number of carbonyl (C=O) groups excluding carboxylic acids is 2. The Kier molecular flexibility index (Phi) is 7.61. The molecule has 0 heterocycles. The van der Waals surface area contributed by atoms with Gasteiger partial charge >= 0.3 is 12.1 Å². The Morgan fingerprint density at radius 1 is 0.897 bits per heavy atom. The molecule has 2 aromatic rings. The van der Waals surface area contributed by atoms with Gasteiger partial charge in [0.15, 0.2) is 0 Å². The highest BCUT2D eigenvalue weighted by Crippen LogP contribution is 2.44. The normalized spacial score (nSPS) is 12.2. The molecule has 7 nitrogen and oxygen atoms in total. The number of alkyl carbamates (subject to hydrolysis) is 1. The van der Waals surface area contributed by atoms with E-state index < -0.39 is 12.1 Å². The third kappa shape index (κ3) is 5.56. The summed E-state index contributed by atoms with van der Waals surface area (Å²) in [7, 11) is 1.30. The van der Waals surface area contributed by atoms with Crippen LogP contribution in [-0.4, -0.2) is 58.8 Å². The van der Waals surface area contributed by atoms with E-state index in [0.717, 1.165) is 0 Å². The molecule has 1 aliphatic carbocycles. The molecule has 29 heavy (non-hydrogen) atoms. The van der Waals surface area contributed by atoms with Gasteiger partial charge in [-0.3, -0.25) is 0 Å². The number of amides is 1. The number of hydrogen-bond acceptors (Lipinski definition) is 6. The molecule has 2 aromatic carbocycles. The number of fused-ring (bicyclic) bond motifs is 3. The lowest BCUT2D eigenvalue weighted by molar-refractivity contribution is -0.146. The van der Waals surface area contributed by atoms with E-state index in [9.17, 15) is 9.59 Å². The molecule has 0 unspecified atom stereocenters. The average molecular weight is 399 g/mol. The van der Waals surface area contributed by atoms with Crippen molar-refractivity contribution in [2.45, 2.75) is 5.92 Å². The summed E-state index contributed by atoms with van der Waals surface area (Å²) < 4.78 is 20.3. The summed E-state index contributed by atoms with van der Waals surface area (Å²) in [6.07, 6.45) is -0.475. The number of benzene rings is 2. The Morgan fingerprint density at radius 2 is 1.52 bits per heavy atom. The molecular formula is C22H25NO6. The molecule has 0 saturated heterocycles. The monoisotopic (exact) mass is 399 g/mol. The van der Waals surface area contributed by atoms with Crippen LogP contribution in [0.25, 0.3) is 11.1 Å². The first-order valence-electron chi connectivity index (χ1n) is 9.52. The predicted octanol–water partition coefficient (Wildman–Crippen LogP) is 2.73. The van der Waals surface area contributed by atoms with Gasteiger partial charge in [-0.2, -0.15) is 0 Å². The van der Waals surface area contributed by atoms with E-state index in [-0.39, 0.29) is 25.7 Å². The van der Waals surface area contributed by atoms with E-state index in [0.29, 0.717) is 19.8 Å². The third-order valence-electron chi connectivity index (χ3n) is 4.68. The Morgan fingerprint density at radius 3 is 2.17 bits per heavy atom. The van der Waals surface area contributed by atoms with Crippen molar-refractivity contribution in [3.8, 4) is 11.1 Å². The molecule has 1 amide bonds. The maximum absolute atomic E-state index is 12.0. The number of esters is 1. The highest BCUT2D eigenvalue weighted by molar-refractivity contribution is 5.79. The molecule has 154 valence electrons. The van der Waals surface area contributed by atoms with Crippen LogP contribution >= 0.6 is 0 Å². The van der Waals surface area contributed by atoms with Crippen LogP contribution < -0.4 is 5.32 Å². The molecule has 0 atom stereocenters. The highest BCUT2D eigenvalue weighted by atomic mass is 16.6. The SMILES string of the molecule is COC(=O)COCCOCCNC(=O)OCC1c2ccccc2-c2ccccc21. The molecule has 0 aliphatic heterocycles. The zero-order valence-corrected chi connectivity index (χ0v) is 16.4. The van der Waals surface area contributed by atoms with Gasteiger partial charge < -0.3 is 24.3 Å². The molecule has 0 aromatic heterocycles. The number of ether oxygens (including phenoxy) is 4. The van der Waals surface area contributed by atoms with Crippen molar-refractivity contribution in [2.75, 3.05) is 46.7 Å². The highest BCUT2D eigenvalue weighted by Gasteiger charge is 2.28. The van der Waals surface area contributed by atoms with E-state index in [4.69, 9.17) is 14.2 Å². The van der Waals surface area contributed by atoms with Crippen LogP contribution in [0.5, 0.6) is 0 Å². The molecule has 0 saturated carbocycles. The van der Waals surface area contributed by atoms with Crippen LogP contribution in [0, 0.1) is 0 Å². The number of methoxy groups -OCH3 is 1. The van der Waals surface area contributed by atoms with Crippen LogP contribution in [0.15, 0.2) is 48.5 Å². The van der Waals surface area contributed by atoms with Crippen LogP contribution in [0.4, 0.5) is 4.79 Å². The largest absolute Gasteiger partial charge is 0.467 e. The van der Waals surface area contributed by atoms with Gasteiger partial charge in [0.05, 0.1) is 26.9 Å². The maximum Gasteiger partial charge on any atom is 0.407 e. The Bertz CT molecular complexity index is 792. The van der Waals surface area contributed by atoms with Crippen LogP contribution in [-0.2, 0) is 23.7 Å². The van der Waals surface area contributed by atoms with Crippen molar-refractivity contribution >= 4 is 12.1 Å². The quantitative estimate of drug-likeness (QED) is 0.489.